The summed E-state index contributed by atoms with van der Waals surface area (Å²) in [6.45, 7) is 2.24. The van der Waals surface area contributed by atoms with Crippen LogP contribution in [0.1, 0.15) is 63.5 Å². The molecule has 1 saturated carbocycles. The largest absolute Gasteiger partial charge is 0.324 e. The molecule has 0 amide bonds. The number of rotatable bonds is 5. The first kappa shape index (κ1) is 14.4. The highest BCUT2D eigenvalue weighted by Gasteiger charge is 2.27. The minimum atomic E-state index is -0.261. The Hall–Kier alpha value is -0.960. The summed E-state index contributed by atoms with van der Waals surface area (Å²) in [7, 11) is 0. The number of hydrogen-bond acceptors (Lipinski definition) is 2. The van der Waals surface area contributed by atoms with Crippen molar-refractivity contribution < 1.29 is 4.39 Å². The summed E-state index contributed by atoms with van der Waals surface area (Å²) in [5.74, 6) is 1.03. The van der Waals surface area contributed by atoms with Gasteiger partial charge < -0.3 is 5.73 Å². The van der Waals surface area contributed by atoms with Gasteiger partial charge in [-0.2, -0.15) is 0 Å². The molecule has 2 N–H and O–H groups in total. The quantitative estimate of drug-likeness (QED) is 0.865. The van der Waals surface area contributed by atoms with Gasteiger partial charge in [-0.05, 0) is 30.7 Å². The Bertz CT molecular complexity index is 386. The number of unbranched alkanes of at least 4 members (excludes halogenated alkanes) is 1. The molecular formula is C16H25FN2. The van der Waals surface area contributed by atoms with Gasteiger partial charge in [-0.25, -0.2) is 4.39 Å². The molecule has 1 fully saturated rings. The molecule has 1 aliphatic rings. The topological polar surface area (TPSA) is 38.9 Å². The first-order valence-corrected chi connectivity index (χ1v) is 7.57. The summed E-state index contributed by atoms with van der Waals surface area (Å²) in [6.07, 6.45) is 11.6. The average Bonchev–Trinajstić information content (AvgIpc) is 2.45. The molecule has 0 radical (unpaired) electrons. The van der Waals surface area contributed by atoms with Crippen LogP contribution in [0.3, 0.4) is 0 Å². The lowest BCUT2D eigenvalue weighted by atomic mass is 9.75. The highest BCUT2D eigenvalue weighted by Crippen LogP contribution is 2.37. The van der Waals surface area contributed by atoms with E-state index in [1.807, 2.05) is 0 Å². The molecule has 1 heterocycles. The molecule has 106 valence electrons. The molecule has 0 aromatic carbocycles. The molecule has 1 aliphatic carbocycles. The van der Waals surface area contributed by atoms with Crippen molar-refractivity contribution in [2.75, 3.05) is 0 Å². The fourth-order valence-corrected chi connectivity index (χ4v) is 3.24. The normalized spacial score (nSPS) is 25.2. The van der Waals surface area contributed by atoms with Gasteiger partial charge in [-0.15, -0.1) is 0 Å². The van der Waals surface area contributed by atoms with Gasteiger partial charge in [0.2, 0.25) is 0 Å². The molecule has 3 heteroatoms. The van der Waals surface area contributed by atoms with Crippen molar-refractivity contribution in [1.29, 1.82) is 0 Å². The highest BCUT2D eigenvalue weighted by molar-refractivity contribution is 5.18. The standard InChI is InChI=1S/C16H25FN2/c1-2-3-4-12-5-7-13(8-6-12)16(18)14-9-10-19-11-15(14)17/h9-13,16H,2-8,18H2,1H3. The highest BCUT2D eigenvalue weighted by atomic mass is 19.1. The number of nitrogens with two attached hydrogens (primary N) is 1. The molecular weight excluding hydrogens is 239 g/mol. The number of nitrogens with zero attached hydrogens (tertiary/aromatic N) is 1. The van der Waals surface area contributed by atoms with E-state index in [1.54, 1.807) is 12.3 Å². The second-order valence-electron chi connectivity index (χ2n) is 5.85. The SMILES string of the molecule is CCCCC1CCC(C(N)c2ccncc2F)CC1. The van der Waals surface area contributed by atoms with Gasteiger partial charge in [0.25, 0.3) is 0 Å². The van der Waals surface area contributed by atoms with E-state index in [2.05, 4.69) is 11.9 Å². The Labute approximate surface area is 115 Å². The first-order valence-electron chi connectivity index (χ1n) is 7.57. The van der Waals surface area contributed by atoms with Crippen molar-refractivity contribution in [1.82, 2.24) is 4.98 Å². The lowest BCUT2D eigenvalue weighted by Crippen LogP contribution is -2.26. The van der Waals surface area contributed by atoms with Crippen LogP contribution in [-0.4, -0.2) is 4.98 Å². The van der Waals surface area contributed by atoms with Crippen molar-refractivity contribution >= 4 is 0 Å². The van der Waals surface area contributed by atoms with Crippen molar-refractivity contribution in [2.45, 2.75) is 57.9 Å². The zero-order valence-electron chi connectivity index (χ0n) is 11.8. The van der Waals surface area contributed by atoms with Crippen LogP contribution in [-0.2, 0) is 0 Å². The number of pyridine rings is 1. The van der Waals surface area contributed by atoms with Crippen LogP contribution in [0.15, 0.2) is 18.5 Å². The molecule has 1 aromatic heterocycles. The lowest BCUT2D eigenvalue weighted by Gasteiger charge is -2.32. The van der Waals surface area contributed by atoms with E-state index in [9.17, 15) is 4.39 Å². The van der Waals surface area contributed by atoms with Crippen LogP contribution in [0, 0.1) is 17.7 Å². The van der Waals surface area contributed by atoms with Gasteiger partial charge in [0.05, 0.1) is 6.20 Å². The van der Waals surface area contributed by atoms with Crippen LogP contribution in [0.2, 0.25) is 0 Å². The molecule has 1 atom stereocenters. The Balaban J connectivity index is 1.89. The van der Waals surface area contributed by atoms with Crippen molar-refractivity contribution in [3.8, 4) is 0 Å². The van der Waals surface area contributed by atoms with Gasteiger partial charge in [0.1, 0.15) is 5.82 Å². The van der Waals surface area contributed by atoms with E-state index >= 15 is 0 Å². The van der Waals surface area contributed by atoms with Crippen LogP contribution in [0.5, 0.6) is 0 Å². The minimum absolute atomic E-state index is 0.171. The summed E-state index contributed by atoms with van der Waals surface area (Å²) < 4.78 is 13.7. The maximum Gasteiger partial charge on any atom is 0.146 e. The van der Waals surface area contributed by atoms with Crippen molar-refractivity contribution in [3.63, 3.8) is 0 Å². The Morgan fingerprint density at radius 3 is 2.74 bits per heavy atom. The molecule has 1 unspecified atom stereocenters. The number of halogens is 1. The summed E-state index contributed by atoms with van der Waals surface area (Å²) in [6, 6.07) is 1.55. The third-order valence-corrected chi connectivity index (χ3v) is 4.53. The molecule has 2 nitrogen and oxygen atoms in total. The maximum absolute atomic E-state index is 13.7. The Morgan fingerprint density at radius 1 is 1.37 bits per heavy atom. The second kappa shape index (κ2) is 6.99. The maximum atomic E-state index is 13.7. The van der Waals surface area contributed by atoms with E-state index in [0.717, 1.165) is 18.8 Å². The molecule has 0 aliphatic heterocycles. The molecule has 19 heavy (non-hydrogen) atoms. The van der Waals surface area contributed by atoms with Gasteiger partial charge in [-0.1, -0.05) is 39.0 Å². The summed E-state index contributed by atoms with van der Waals surface area (Å²) in [4.78, 5) is 3.79. The van der Waals surface area contributed by atoms with Crippen LogP contribution < -0.4 is 5.73 Å². The van der Waals surface area contributed by atoms with E-state index in [1.165, 1.54) is 38.3 Å². The van der Waals surface area contributed by atoms with E-state index in [-0.39, 0.29) is 11.9 Å². The monoisotopic (exact) mass is 264 g/mol. The van der Waals surface area contributed by atoms with Gasteiger partial charge in [0.15, 0.2) is 0 Å². The third-order valence-electron chi connectivity index (χ3n) is 4.53. The van der Waals surface area contributed by atoms with Gasteiger partial charge in [-0.3, -0.25) is 4.98 Å². The second-order valence-corrected chi connectivity index (χ2v) is 5.85. The average molecular weight is 264 g/mol. The predicted octanol–water partition coefficient (Wildman–Crippen LogP) is 4.22. The van der Waals surface area contributed by atoms with Gasteiger partial charge >= 0.3 is 0 Å². The zero-order chi connectivity index (χ0) is 13.7. The first-order chi connectivity index (χ1) is 9.22. The molecule has 2 rings (SSSR count). The fourth-order valence-electron chi connectivity index (χ4n) is 3.24. The Morgan fingerprint density at radius 2 is 2.11 bits per heavy atom. The van der Waals surface area contributed by atoms with Crippen LogP contribution >= 0.6 is 0 Å². The molecule has 0 saturated heterocycles. The predicted molar refractivity (Wildman–Crippen MR) is 76.1 cm³/mol. The third kappa shape index (κ3) is 3.75. The molecule has 1 aromatic rings. The van der Waals surface area contributed by atoms with E-state index in [0.29, 0.717) is 11.5 Å². The fraction of sp³-hybridized carbons (Fsp3) is 0.688. The van der Waals surface area contributed by atoms with Gasteiger partial charge in [0, 0.05) is 17.8 Å². The minimum Gasteiger partial charge on any atom is -0.324 e. The Kier molecular flexibility index (Phi) is 5.32. The van der Waals surface area contributed by atoms with Crippen molar-refractivity contribution in [3.05, 3.63) is 29.8 Å². The summed E-state index contributed by atoms with van der Waals surface area (Å²) in [5.41, 5.74) is 6.88. The van der Waals surface area contributed by atoms with E-state index in [4.69, 9.17) is 5.73 Å². The van der Waals surface area contributed by atoms with Crippen LogP contribution in [0.4, 0.5) is 4.39 Å². The zero-order valence-corrected chi connectivity index (χ0v) is 11.8. The molecule has 0 spiro atoms. The smallest absolute Gasteiger partial charge is 0.146 e. The lowest BCUT2D eigenvalue weighted by molar-refractivity contribution is 0.230. The van der Waals surface area contributed by atoms with Crippen molar-refractivity contribution in [2.24, 2.45) is 17.6 Å². The van der Waals surface area contributed by atoms with E-state index < -0.39 is 0 Å². The summed E-state index contributed by atoms with van der Waals surface area (Å²) in [5, 5.41) is 0. The summed E-state index contributed by atoms with van der Waals surface area (Å²) >= 11 is 0. The number of hydrogen-bond donors (Lipinski definition) is 1. The van der Waals surface area contributed by atoms with Crippen LogP contribution in [0.25, 0.3) is 0 Å². The number of aromatic nitrogens is 1. The molecule has 0 bridgehead atoms.